The zero-order valence-corrected chi connectivity index (χ0v) is 37.3. The van der Waals surface area contributed by atoms with Crippen molar-refractivity contribution in [3.63, 3.8) is 0 Å². The fourth-order valence-electron chi connectivity index (χ4n) is 6.23. The van der Waals surface area contributed by atoms with Crippen molar-refractivity contribution in [2.24, 2.45) is 20.5 Å². The number of carbonyl (C=O) groups excluding carboxylic acids is 6. The Labute approximate surface area is 374 Å². The average molecular weight is 894 g/mol. The van der Waals surface area contributed by atoms with Gasteiger partial charge in [0.1, 0.15) is 0 Å². The Balaban J connectivity index is 1.27. The Morgan fingerprint density at radius 2 is 1.11 bits per heavy atom. The molecule has 0 fully saturated rings. The van der Waals surface area contributed by atoms with Gasteiger partial charge in [-0.25, -0.2) is 0 Å². The summed E-state index contributed by atoms with van der Waals surface area (Å²) in [5.74, 6) is -3.08. The lowest BCUT2D eigenvalue weighted by molar-refractivity contribution is -0.128. The monoisotopic (exact) mass is 892 g/mol. The van der Waals surface area contributed by atoms with Gasteiger partial charge < -0.3 is 10.6 Å². The number of rotatable bonds is 16. The summed E-state index contributed by atoms with van der Waals surface area (Å²) in [4.78, 5) is 78.5. The van der Waals surface area contributed by atoms with Crippen LogP contribution in [0.4, 0.5) is 22.7 Å². The van der Waals surface area contributed by atoms with Gasteiger partial charge in [0.15, 0.2) is 29.2 Å². The van der Waals surface area contributed by atoms with Crippen molar-refractivity contribution >= 4 is 92.5 Å². The lowest BCUT2D eigenvalue weighted by atomic mass is 9.98. The molecule has 0 heterocycles. The molecule has 0 aliphatic heterocycles. The molecule has 0 aromatic heterocycles. The highest BCUT2D eigenvalue weighted by molar-refractivity contribution is 6.34. The second-order valence-electron chi connectivity index (χ2n) is 14.8. The number of halogens is 3. The third-order valence-electron chi connectivity index (χ3n) is 10.2. The van der Waals surface area contributed by atoms with Crippen LogP contribution >= 0.6 is 34.8 Å². The van der Waals surface area contributed by atoms with E-state index >= 15 is 0 Å². The molecular formula is C47H43Cl3N6O6. The molecule has 2 amide bonds. The van der Waals surface area contributed by atoms with Crippen molar-refractivity contribution in [2.75, 3.05) is 10.6 Å². The van der Waals surface area contributed by atoms with Gasteiger partial charge >= 0.3 is 0 Å². The molecule has 0 radical (unpaired) electrons. The number of nitrogens with zero attached hydrogens (tertiary/aromatic N) is 4. The first kappa shape index (κ1) is 46.8. The largest absolute Gasteiger partial charge is 0.322 e. The summed E-state index contributed by atoms with van der Waals surface area (Å²) >= 11 is 19.0. The van der Waals surface area contributed by atoms with E-state index < -0.39 is 41.2 Å². The number of azo groups is 2. The molecule has 0 aliphatic rings. The maximum Gasteiger partial charge on any atom is 0.258 e. The Bertz CT molecular complexity index is 2510. The fraction of sp³-hybridized carbons (Fsp3) is 0.234. The number of hydrogen-bond acceptors (Lipinski definition) is 10. The van der Waals surface area contributed by atoms with Crippen LogP contribution in [-0.2, 0) is 32.0 Å². The molecule has 62 heavy (non-hydrogen) atoms. The maximum atomic E-state index is 13.5. The first-order valence-electron chi connectivity index (χ1n) is 19.3. The fourth-order valence-corrected chi connectivity index (χ4v) is 6.83. The SMILES string of the molecule is CC(=O)C(N=Nc1cc(C(=O)Nc2cccc(Cl)c2C)ccc1C)C(=O)Cc1cc(Cl)c(NC(=O)C(N=Nc2cc(C(=O)Cc3cccc(Cl)c3C)ccc2C)C(C)=O)cc1C. The highest BCUT2D eigenvalue weighted by Gasteiger charge is 2.27. The minimum atomic E-state index is -1.55. The van der Waals surface area contributed by atoms with Gasteiger partial charge in [-0.1, -0.05) is 71.2 Å². The van der Waals surface area contributed by atoms with Crippen LogP contribution in [0.5, 0.6) is 0 Å². The van der Waals surface area contributed by atoms with E-state index in [9.17, 15) is 28.8 Å². The Morgan fingerprint density at radius 3 is 1.74 bits per heavy atom. The molecule has 0 saturated heterocycles. The first-order chi connectivity index (χ1) is 29.3. The molecule has 5 aromatic rings. The average Bonchev–Trinajstić information content (AvgIpc) is 3.21. The lowest BCUT2D eigenvalue weighted by Gasteiger charge is -2.15. The number of amides is 2. The summed E-state index contributed by atoms with van der Waals surface area (Å²) in [5.41, 5.74) is 6.59. The van der Waals surface area contributed by atoms with Crippen LogP contribution in [0.3, 0.4) is 0 Å². The quantitative estimate of drug-likeness (QED) is 0.0566. The second kappa shape index (κ2) is 20.6. The van der Waals surface area contributed by atoms with Crippen LogP contribution in [0.1, 0.15) is 73.5 Å². The predicted molar refractivity (Wildman–Crippen MR) is 242 cm³/mol. The van der Waals surface area contributed by atoms with Crippen molar-refractivity contribution in [1.29, 1.82) is 0 Å². The lowest BCUT2D eigenvalue weighted by Crippen LogP contribution is -2.32. The minimum Gasteiger partial charge on any atom is -0.322 e. The van der Waals surface area contributed by atoms with Crippen LogP contribution in [0.15, 0.2) is 105 Å². The van der Waals surface area contributed by atoms with Gasteiger partial charge in [0.25, 0.3) is 11.8 Å². The summed E-state index contributed by atoms with van der Waals surface area (Å²) in [6.07, 6.45) is -0.127. The molecule has 0 saturated carbocycles. The van der Waals surface area contributed by atoms with Crippen LogP contribution in [0, 0.1) is 34.6 Å². The van der Waals surface area contributed by atoms with Crippen molar-refractivity contribution in [2.45, 2.75) is 73.4 Å². The number of hydrogen-bond donors (Lipinski definition) is 2. The zero-order chi connectivity index (χ0) is 45.4. The number of benzene rings is 5. The van der Waals surface area contributed by atoms with Gasteiger partial charge in [0.05, 0.1) is 22.1 Å². The van der Waals surface area contributed by atoms with E-state index in [2.05, 4.69) is 31.1 Å². The van der Waals surface area contributed by atoms with E-state index in [1.54, 1.807) is 88.4 Å². The summed E-state index contributed by atoms with van der Waals surface area (Å²) in [6.45, 7) is 11.3. The summed E-state index contributed by atoms with van der Waals surface area (Å²) < 4.78 is 0. The maximum absolute atomic E-state index is 13.5. The minimum absolute atomic E-state index is 0.0580. The molecule has 0 bridgehead atoms. The van der Waals surface area contributed by atoms with Crippen molar-refractivity contribution in [3.05, 3.63) is 150 Å². The third-order valence-corrected chi connectivity index (χ3v) is 11.3. The van der Waals surface area contributed by atoms with E-state index in [0.717, 1.165) is 11.1 Å². The Hall–Kier alpha value is -6.21. The number of anilines is 2. The van der Waals surface area contributed by atoms with E-state index in [-0.39, 0.29) is 34.9 Å². The molecule has 318 valence electrons. The van der Waals surface area contributed by atoms with E-state index in [0.29, 0.717) is 60.5 Å². The molecule has 5 aromatic carbocycles. The van der Waals surface area contributed by atoms with Crippen LogP contribution < -0.4 is 10.6 Å². The molecule has 2 N–H and O–H groups in total. The molecule has 0 aliphatic carbocycles. The highest BCUT2D eigenvalue weighted by Crippen LogP contribution is 2.30. The standard InChI is InChI=1S/C47H43Cl3N6O6/c1-24-14-16-32(42(59)22-31-10-8-11-35(48)27(31)4)20-39(24)54-56-45(30(7)58)47(62)52-41-18-26(3)34(19-37(41)50)23-43(60)44(29(6)57)55-53-40-21-33(17-15-25(40)2)46(61)51-38-13-9-12-36(49)28(38)5/h8-21,44-45H,22-23H2,1-7H3,(H,51,61)(H,52,62). The second-order valence-corrected chi connectivity index (χ2v) is 16.1. The van der Waals surface area contributed by atoms with Gasteiger partial charge in [-0.15, -0.1) is 0 Å². The van der Waals surface area contributed by atoms with E-state index in [4.69, 9.17) is 34.8 Å². The van der Waals surface area contributed by atoms with Crippen molar-refractivity contribution in [1.82, 2.24) is 0 Å². The van der Waals surface area contributed by atoms with Gasteiger partial charge in [0, 0.05) is 39.7 Å². The van der Waals surface area contributed by atoms with E-state index in [1.807, 2.05) is 13.0 Å². The number of carbonyl (C=O) groups is 6. The summed E-state index contributed by atoms with van der Waals surface area (Å²) in [5, 5.41) is 23.1. The molecule has 15 heteroatoms. The van der Waals surface area contributed by atoms with Crippen LogP contribution in [0.25, 0.3) is 0 Å². The predicted octanol–water partition coefficient (Wildman–Crippen LogP) is 11.4. The molecule has 2 atom stereocenters. The van der Waals surface area contributed by atoms with E-state index in [1.165, 1.54) is 32.0 Å². The van der Waals surface area contributed by atoms with Crippen LogP contribution in [-0.4, -0.2) is 47.0 Å². The smallest absolute Gasteiger partial charge is 0.258 e. The van der Waals surface area contributed by atoms with Crippen molar-refractivity contribution in [3.8, 4) is 0 Å². The Kier molecular flexibility index (Phi) is 15.5. The first-order valence-corrected chi connectivity index (χ1v) is 20.5. The topological polar surface area (TPSA) is 176 Å². The number of ketones is 4. The third kappa shape index (κ3) is 11.6. The Morgan fingerprint density at radius 1 is 0.548 bits per heavy atom. The number of nitrogens with one attached hydrogen (secondary N) is 2. The number of Topliss-reactive ketones (excluding diaryl/α,β-unsaturated/α-hetero) is 4. The molecule has 2 unspecified atom stereocenters. The van der Waals surface area contributed by atoms with Crippen LogP contribution in [0.2, 0.25) is 15.1 Å². The molecular weight excluding hydrogens is 851 g/mol. The number of aryl methyl sites for hydroxylation is 3. The van der Waals surface area contributed by atoms with Gasteiger partial charge in [0.2, 0.25) is 6.04 Å². The molecule has 12 nitrogen and oxygen atoms in total. The summed E-state index contributed by atoms with van der Waals surface area (Å²) in [6, 6.07) is 20.3. The molecule has 5 rings (SSSR count). The van der Waals surface area contributed by atoms with Gasteiger partial charge in [-0.3, -0.25) is 28.8 Å². The van der Waals surface area contributed by atoms with Crippen molar-refractivity contribution < 1.29 is 28.8 Å². The highest BCUT2D eigenvalue weighted by atomic mass is 35.5. The zero-order valence-electron chi connectivity index (χ0n) is 35.0. The summed E-state index contributed by atoms with van der Waals surface area (Å²) in [7, 11) is 0. The van der Waals surface area contributed by atoms with Gasteiger partial charge in [-0.2, -0.15) is 20.5 Å². The van der Waals surface area contributed by atoms with Gasteiger partial charge in [-0.05, 0) is 136 Å². The molecule has 0 spiro atoms. The normalized spacial score (nSPS) is 12.3.